The van der Waals surface area contributed by atoms with Crippen LogP contribution in [0.1, 0.15) is 27.2 Å². The van der Waals surface area contributed by atoms with E-state index in [1.165, 1.54) is 5.69 Å². The van der Waals surface area contributed by atoms with E-state index in [0.717, 1.165) is 19.6 Å². The standard InChI is InChI=1S/C15H27NOSi/c1-15(2,3)18(4,5)17-13-9-12-16-14-10-7-6-8-11-14/h6-8,10-11,16H,9,12-13H2,1-5H3. The topological polar surface area (TPSA) is 21.3 Å². The minimum absolute atomic E-state index is 0.305. The fraction of sp³-hybridized carbons (Fsp3) is 0.600. The lowest BCUT2D eigenvalue weighted by Gasteiger charge is -2.36. The largest absolute Gasteiger partial charge is 0.417 e. The van der Waals surface area contributed by atoms with Crippen LogP contribution in [0.5, 0.6) is 0 Å². The molecule has 2 nitrogen and oxygen atoms in total. The van der Waals surface area contributed by atoms with Gasteiger partial charge in [-0.2, -0.15) is 0 Å². The molecule has 102 valence electrons. The molecule has 0 aliphatic rings. The number of rotatable bonds is 6. The number of benzene rings is 1. The maximum atomic E-state index is 6.13. The molecular weight excluding hydrogens is 238 g/mol. The number of anilines is 1. The van der Waals surface area contributed by atoms with Crippen LogP contribution in [-0.4, -0.2) is 21.5 Å². The van der Waals surface area contributed by atoms with Crippen molar-refractivity contribution in [3.8, 4) is 0 Å². The molecule has 0 fully saturated rings. The van der Waals surface area contributed by atoms with E-state index < -0.39 is 8.32 Å². The van der Waals surface area contributed by atoms with E-state index in [4.69, 9.17) is 4.43 Å². The second kappa shape index (κ2) is 6.39. The van der Waals surface area contributed by atoms with Crippen LogP contribution in [0.15, 0.2) is 30.3 Å². The van der Waals surface area contributed by atoms with Gasteiger partial charge in [0.2, 0.25) is 0 Å². The molecule has 0 amide bonds. The van der Waals surface area contributed by atoms with Gasteiger partial charge in [0.1, 0.15) is 0 Å². The van der Waals surface area contributed by atoms with Crippen LogP contribution in [0.25, 0.3) is 0 Å². The van der Waals surface area contributed by atoms with E-state index in [0.29, 0.717) is 5.04 Å². The maximum absolute atomic E-state index is 6.13. The summed E-state index contributed by atoms with van der Waals surface area (Å²) in [4.78, 5) is 0. The zero-order valence-corrected chi connectivity index (χ0v) is 13.4. The highest BCUT2D eigenvalue weighted by atomic mass is 28.4. The van der Waals surface area contributed by atoms with E-state index in [1.54, 1.807) is 0 Å². The van der Waals surface area contributed by atoms with Crippen molar-refractivity contribution in [1.29, 1.82) is 0 Å². The summed E-state index contributed by atoms with van der Waals surface area (Å²) in [6.07, 6.45) is 1.06. The summed E-state index contributed by atoms with van der Waals surface area (Å²) in [7, 11) is -1.56. The summed E-state index contributed by atoms with van der Waals surface area (Å²) in [6.45, 7) is 13.3. The Morgan fingerprint density at radius 3 is 2.28 bits per heavy atom. The summed E-state index contributed by atoms with van der Waals surface area (Å²) in [5.41, 5.74) is 1.19. The summed E-state index contributed by atoms with van der Waals surface area (Å²) in [6, 6.07) is 10.3. The Morgan fingerprint density at radius 1 is 1.11 bits per heavy atom. The third-order valence-electron chi connectivity index (χ3n) is 3.69. The molecule has 0 bridgehead atoms. The monoisotopic (exact) mass is 265 g/mol. The Kier molecular flexibility index (Phi) is 5.41. The van der Waals surface area contributed by atoms with Crippen molar-refractivity contribution in [2.24, 2.45) is 0 Å². The van der Waals surface area contributed by atoms with Crippen LogP contribution in [0.3, 0.4) is 0 Å². The molecular formula is C15H27NOSi. The van der Waals surface area contributed by atoms with Crippen molar-refractivity contribution in [2.45, 2.75) is 45.3 Å². The van der Waals surface area contributed by atoms with Gasteiger partial charge in [-0.1, -0.05) is 39.0 Å². The molecule has 3 heteroatoms. The Hall–Kier alpha value is -0.803. The minimum Gasteiger partial charge on any atom is -0.417 e. The quantitative estimate of drug-likeness (QED) is 0.603. The smallest absolute Gasteiger partial charge is 0.191 e. The normalized spacial score (nSPS) is 12.5. The lowest BCUT2D eigenvalue weighted by atomic mass is 10.2. The molecule has 0 aliphatic heterocycles. The lowest BCUT2D eigenvalue weighted by molar-refractivity contribution is 0.286. The first-order valence-electron chi connectivity index (χ1n) is 6.76. The molecule has 0 unspecified atom stereocenters. The summed E-state index contributed by atoms with van der Waals surface area (Å²) in [5.74, 6) is 0. The number of nitrogens with one attached hydrogen (secondary N) is 1. The Balaban J connectivity index is 2.20. The highest BCUT2D eigenvalue weighted by Crippen LogP contribution is 2.36. The van der Waals surface area contributed by atoms with Gasteiger partial charge in [-0.15, -0.1) is 0 Å². The molecule has 0 saturated carbocycles. The highest BCUT2D eigenvalue weighted by Gasteiger charge is 2.36. The number of hydrogen-bond donors (Lipinski definition) is 1. The van der Waals surface area contributed by atoms with Crippen LogP contribution >= 0.6 is 0 Å². The van der Waals surface area contributed by atoms with Crippen LogP contribution in [0.2, 0.25) is 18.1 Å². The molecule has 18 heavy (non-hydrogen) atoms. The van der Waals surface area contributed by atoms with Crippen molar-refractivity contribution in [3.05, 3.63) is 30.3 Å². The fourth-order valence-electron chi connectivity index (χ4n) is 1.40. The zero-order chi connectivity index (χ0) is 13.6. The molecule has 0 heterocycles. The van der Waals surface area contributed by atoms with Crippen LogP contribution in [-0.2, 0) is 4.43 Å². The first-order valence-corrected chi connectivity index (χ1v) is 9.67. The molecule has 0 saturated heterocycles. The minimum atomic E-state index is -1.56. The SMILES string of the molecule is CC(C)(C)[Si](C)(C)OCCCNc1ccccc1. The van der Waals surface area contributed by atoms with Gasteiger partial charge in [0.05, 0.1) is 0 Å². The Bertz CT molecular complexity index is 343. The average molecular weight is 265 g/mol. The number of para-hydroxylation sites is 1. The van der Waals surface area contributed by atoms with E-state index in [-0.39, 0.29) is 0 Å². The maximum Gasteiger partial charge on any atom is 0.191 e. The molecule has 1 aromatic rings. The van der Waals surface area contributed by atoms with Crippen LogP contribution in [0, 0.1) is 0 Å². The van der Waals surface area contributed by atoms with Crippen molar-refractivity contribution in [2.75, 3.05) is 18.5 Å². The summed E-state index contributed by atoms with van der Waals surface area (Å²) >= 11 is 0. The molecule has 0 aliphatic carbocycles. The fourth-order valence-corrected chi connectivity index (χ4v) is 2.49. The third kappa shape index (κ3) is 4.82. The van der Waals surface area contributed by atoms with E-state index in [2.05, 4.69) is 63.4 Å². The summed E-state index contributed by atoms with van der Waals surface area (Å²) in [5, 5.41) is 3.71. The molecule has 0 spiro atoms. The van der Waals surface area contributed by atoms with Gasteiger partial charge in [-0.3, -0.25) is 0 Å². The third-order valence-corrected chi connectivity index (χ3v) is 8.23. The van der Waals surface area contributed by atoms with Gasteiger partial charge in [0, 0.05) is 18.8 Å². The predicted molar refractivity (Wildman–Crippen MR) is 82.7 cm³/mol. The Labute approximate surface area is 113 Å². The van der Waals surface area contributed by atoms with Gasteiger partial charge in [-0.05, 0) is 36.7 Å². The number of hydrogen-bond acceptors (Lipinski definition) is 2. The molecule has 0 radical (unpaired) electrons. The van der Waals surface area contributed by atoms with E-state index in [9.17, 15) is 0 Å². The first-order chi connectivity index (χ1) is 8.33. The van der Waals surface area contributed by atoms with Crippen molar-refractivity contribution < 1.29 is 4.43 Å². The molecule has 1 N–H and O–H groups in total. The van der Waals surface area contributed by atoms with Crippen LogP contribution < -0.4 is 5.32 Å². The van der Waals surface area contributed by atoms with Gasteiger partial charge < -0.3 is 9.74 Å². The molecule has 0 atom stereocenters. The van der Waals surface area contributed by atoms with Crippen molar-refractivity contribution in [3.63, 3.8) is 0 Å². The second-order valence-electron chi connectivity index (χ2n) is 6.26. The highest BCUT2D eigenvalue weighted by molar-refractivity contribution is 6.74. The van der Waals surface area contributed by atoms with E-state index >= 15 is 0 Å². The zero-order valence-electron chi connectivity index (χ0n) is 12.4. The van der Waals surface area contributed by atoms with Gasteiger partial charge in [0.15, 0.2) is 8.32 Å². The van der Waals surface area contributed by atoms with Gasteiger partial charge in [-0.25, -0.2) is 0 Å². The molecule has 0 aromatic heterocycles. The average Bonchev–Trinajstić information content (AvgIpc) is 2.28. The summed E-state index contributed by atoms with van der Waals surface area (Å²) < 4.78 is 6.13. The van der Waals surface area contributed by atoms with Gasteiger partial charge >= 0.3 is 0 Å². The predicted octanol–water partition coefficient (Wildman–Crippen LogP) is 4.51. The van der Waals surface area contributed by atoms with E-state index in [1.807, 2.05) is 6.07 Å². The lowest BCUT2D eigenvalue weighted by Crippen LogP contribution is -2.41. The van der Waals surface area contributed by atoms with Gasteiger partial charge in [0.25, 0.3) is 0 Å². The first kappa shape index (κ1) is 15.3. The second-order valence-corrected chi connectivity index (χ2v) is 11.1. The van der Waals surface area contributed by atoms with Crippen LogP contribution in [0.4, 0.5) is 5.69 Å². The molecule has 1 rings (SSSR count). The van der Waals surface area contributed by atoms with Crippen molar-refractivity contribution in [1.82, 2.24) is 0 Å². The molecule has 1 aromatic carbocycles. The Morgan fingerprint density at radius 2 is 1.72 bits per heavy atom. The van der Waals surface area contributed by atoms with Crippen molar-refractivity contribution >= 4 is 14.0 Å².